The zero-order chi connectivity index (χ0) is 29.1. The minimum atomic E-state index is -0.674. The van der Waals surface area contributed by atoms with Gasteiger partial charge in [-0.05, 0) is 48.9 Å². The van der Waals surface area contributed by atoms with Crippen LogP contribution in [0.15, 0.2) is 48.5 Å². The van der Waals surface area contributed by atoms with E-state index >= 15 is 0 Å². The van der Waals surface area contributed by atoms with E-state index in [1.807, 2.05) is 18.2 Å². The maximum absolute atomic E-state index is 14.0. The Morgan fingerprint density at radius 1 is 1.02 bits per heavy atom. The molecule has 2 N–H and O–H groups in total. The zero-order valence-electron chi connectivity index (χ0n) is 24.1. The normalized spacial score (nSPS) is 27.1. The fourth-order valence-corrected chi connectivity index (χ4v) is 6.85. The second kappa shape index (κ2) is 12.8. The summed E-state index contributed by atoms with van der Waals surface area (Å²) >= 11 is 0. The Balaban J connectivity index is 1.25. The predicted molar refractivity (Wildman–Crippen MR) is 155 cm³/mol. The molecule has 3 amide bonds. The van der Waals surface area contributed by atoms with E-state index in [4.69, 9.17) is 14.2 Å². The van der Waals surface area contributed by atoms with Gasteiger partial charge in [0.05, 0.1) is 30.4 Å². The lowest BCUT2D eigenvalue weighted by molar-refractivity contribution is -0.132. The summed E-state index contributed by atoms with van der Waals surface area (Å²) in [6.07, 6.45) is 3.50. The highest BCUT2D eigenvalue weighted by molar-refractivity contribution is 6.00. The van der Waals surface area contributed by atoms with Crippen molar-refractivity contribution in [2.75, 3.05) is 46.5 Å². The van der Waals surface area contributed by atoms with Crippen molar-refractivity contribution >= 4 is 17.7 Å². The van der Waals surface area contributed by atoms with Gasteiger partial charge in [0.15, 0.2) is 0 Å². The highest BCUT2D eigenvalue weighted by atomic mass is 16.5. The van der Waals surface area contributed by atoms with Gasteiger partial charge in [-0.1, -0.05) is 36.4 Å². The van der Waals surface area contributed by atoms with Gasteiger partial charge in [-0.25, -0.2) is 0 Å². The molecule has 42 heavy (non-hydrogen) atoms. The van der Waals surface area contributed by atoms with Crippen molar-refractivity contribution in [2.24, 2.45) is 0 Å². The first-order valence-corrected chi connectivity index (χ1v) is 15.0. The minimum Gasteiger partial charge on any atom is -0.493 e. The van der Waals surface area contributed by atoms with Crippen LogP contribution < -0.4 is 15.4 Å². The Hall–Kier alpha value is -3.47. The fraction of sp³-hybridized carbons (Fsp3) is 0.531. The standard InChI is InChI=1S/C32H40N4O6/c1-40-20-30(37)34-26-11-10-24-12-15-41-28-9-5-4-8-25(28)32(39)36-14-13-35(19-27(36)31(38)33-18-29(26)42-24)23-16-21-6-2-3-7-22(21)17-23/h2-9,23-24,26-27,29H,10-20H2,1H3,(H,33,38)(H,34,37)/t24-,26+,27-,29+/m0/s1. The lowest BCUT2D eigenvalue weighted by atomic mass is 9.96. The van der Waals surface area contributed by atoms with Crippen molar-refractivity contribution in [3.8, 4) is 5.75 Å². The van der Waals surface area contributed by atoms with E-state index in [9.17, 15) is 14.4 Å². The van der Waals surface area contributed by atoms with E-state index in [-0.39, 0.29) is 43.0 Å². The first kappa shape index (κ1) is 28.6. The quantitative estimate of drug-likeness (QED) is 0.569. The third-order valence-corrected chi connectivity index (χ3v) is 9.05. The maximum Gasteiger partial charge on any atom is 0.258 e. The number of benzene rings is 2. The Bertz CT molecular complexity index is 1280. The number of nitrogens with zero attached hydrogens (tertiary/aromatic N) is 2. The molecule has 4 aliphatic rings. The molecule has 3 aliphatic heterocycles. The van der Waals surface area contributed by atoms with E-state index in [0.717, 1.165) is 25.7 Å². The third-order valence-electron chi connectivity index (χ3n) is 9.05. The topological polar surface area (TPSA) is 109 Å². The molecule has 10 heteroatoms. The van der Waals surface area contributed by atoms with Crippen LogP contribution >= 0.6 is 0 Å². The molecule has 6 rings (SSSR count). The summed E-state index contributed by atoms with van der Waals surface area (Å²) in [6, 6.07) is 15.1. The summed E-state index contributed by atoms with van der Waals surface area (Å²) in [4.78, 5) is 44.3. The van der Waals surface area contributed by atoms with Crippen molar-refractivity contribution in [3.05, 3.63) is 65.2 Å². The lowest BCUT2D eigenvalue weighted by Gasteiger charge is -2.43. The van der Waals surface area contributed by atoms with Gasteiger partial charge < -0.3 is 29.7 Å². The first-order valence-electron chi connectivity index (χ1n) is 15.0. The number of methoxy groups -OCH3 is 1. The molecule has 2 aromatic carbocycles. The molecule has 0 unspecified atom stereocenters. The van der Waals surface area contributed by atoms with Gasteiger partial charge in [-0.3, -0.25) is 19.3 Å². The van der Waals surface area contributed by atoms with Gasteiger partial charge in [-0.15, -0.1) is 0 Å². The molecular formula is C32H40N4O6. The van der Waals surface area contributed by atoms with Crippen LogP contribution in [0.2, 0.25) is 0 Å². The number of fused-ring (bicyclic) bond motifs is 5. The van der Waals surface area contributed by atoms with Gasteiger partial charge in [0.2, 0.25) is 11.8 Å². The second-order valence-corrected chi connectivity index (χ2v) is 11.7. The van der Waals surface area contributed by atoms with Gasteiger partial charge in [-0.2, -0.15) is 0 Å². The van der Waals surface area contributed by atoms with Crippen LogP contribution in [-0.4, -0.2) is 104 Å². The van der Waals surface area contributed by atoms with Crippen LogP contribution in [0.4, 0.5) is 0 Å². The van der Waals surface area contributed by atoms with Gasteiger partial charge in [0.1, 0.15) is 18.4 Å². The highest BCUT2D eigenvalue weighted by Gasteiger charge is 2.41. The number of para-hydroxylation sites is 1. The highest BCUT2D eigenvalue weighted by Crippen LogP contribution is 2.29. The average molecular weight is 577 g/mol. The number of rotatable bonds is 4. The minimum absolute atomic E-state index is 0.0354. The van der Waals surface area contributed by atoms with Crippen molar-refractivity contribution in [1.29, 1.82) is 0 Å². The van der Waals surface area contributed by atoms with E-state index in [1.54, 1.807) is 11.0 Å². The molecule has 0 saturated carbocycles. The molecule has 0 spiro atoms. The molecule has 4 atom stereocenters. The Morgan fingerprint density at radius 2 is 1.79 bits per heavy atom. The molecule has 3 heterocycles. The first-order chi connectivity index (χ1) is 20.5. The zero-order valence-corrected chi connectivity index (χ0v) is 24.1. The Labute approximate surface area is 246 Å². The number of amides is 3. The van der Waals surface area contributed by atoms with Gasteiger partial charge in [0, 0.05) is 45.8 Å². The van der Waals surface area contributed by atoms with Crippen molar-refractivity contribution in [2.45, 2.75) is 62.4 Å². The van der Waals surface area contributed by atoms with Crippen molar-refractivity contribution in [1.82, 2.24) is 20.4 Å². The Morgan fingerprint density at radius 3 is 2.57 bits per heavy atom. The Kier molecular flexibility index (Phi) is 8.73. The molecule has 224 valence electrons. The number of ether oxygens (including phenoxy) is 3. The molecule has 2 bridgehead atoms. The monoisotopic (exact) mass is 576 g/mol. The number of piperazine rings is 1. The number of hydrogen-bond acceptors (Lipinski definition) is 7. The molecule has 1 aliphatic carbocycles. The van der Waals surface area contributed by atoms with Crippen LogP contribution in [-0.2, 0) is 31.9 Å². The summed E-state index contributed by atoms with van der Waals surface area (Å²) in [5.74, 6) is -0.109. The van der Waals surface area contributed by atoms with Crippen LogP contribution in [0.25, 0.3) is 0 Å². The molecule has 10 nitrogen and oxygen atoms in total. The van der Waals surface area contributed by atoms with Crippen LogP contribution in [0.3, 0.4) is 0 Å². The predicted octanol–water partition coefficient (Wildman–Crippen LogP) is 1.56. The van der Waals surface area contributed by atoms with Crippen LogP contribution in [0.1, 0.15) is 40.7 Å². The van der Waals surface area contributed by atoms with E-state index in [2.05, 4.69) is 39.8 Å². The van der Waals surface area contributed by atoms with E-state index < -0.39 is 12.1 Å². The number of nitrogens with one attached hydrogen (secondary N) is 2. The largest absolute Gasteiger partial charge is 0.493 e. The van der Waals surface area contributed by atoms with Crippen LogP contribution in [0.5, 0.6) is 5.75 Å². The van der Waals surface area contributed by atoms with E-state index in [0.29, 0.717) is 50.0 Å². The average Bonchev–Trinajstić information content (AvgIpc) is 3.45. The van der Waals surface area contributed by atoms with Crippen LogP contribution in [0, 0.1) is 0 Å². The molecule has 2 saturated heterocycles. The summed E-state index contributed by atoms with van der Waals surface area (Å²) in [5.41, 5.74) is 3.18. The van der Waals surface area contributed by atoms with Crippen molar-refractivity contribution < 1.29 is 28.6 Å². The number of carbonyl (C=O) groups excluding carboxylic acids is 3. The molecule has 2 aromatic rings. The molecule has 0 radical (unpaired) electrons. The smallest absolute Gasteiger partial charge is 0.258 e. The maximum atomic E-state index is 14.0. The van der Waals surface area contributed by atoms with Gasteiger partial charge in [0.25, 0.3) is 5.91 Å². The van der Waals surface area contributed by atoms with Gasteiger partial charge >= 0.3 is 0 Å². The summed E-state index contributed by atoms with van der Waals surface area (Å²) in [7, 11) is 1.48. The lowest BCUT2D eigenvalue weighted by Crippen LogP contribution is -2.63. The molecule has 0 aromatic heterocycles. The van der Waals surface area contributed by atoms with E-state index in [1.165, 1.54) is 18.2 Å². The number of hydrogen-bond donors (Lipinski definition) is 2. The van der Waals surface area contributed by atoms with Crippen molar-refractivity contribution in [3.63, 3.8) is 0 Å². The molecular weight excluding hydrogens is 536 g/mol. The molecule has 2 fully saturated rings. The second-order valence-electron chi connectivity index (χ2n) is 11.7. The number of carbonyl (C=O) groups is 3. The SMILES string of the molecule is COCC(=O)N[C@@H]1CC[C@H]2CCOc3ccccc3C(=O)N3CCN(C4Cc5ccccc5C4)C[C@H]3C(=O)NC[C@H]1O2. The summed E-state index contributed by atoms with van der Waals surface area (Å²) in [6.45, 7) is 2.17. The fourth-order valence-electron chi connectivity index (χ4n) is 6.85. The summed E-state index contributed by atoms with van der Waals surface area (Å²) in [5, 5.41) is 6.11. The third kappa shape index (κ3) is 6.16. The summed E-state index contributed by atoms with van der Waals surface area (Å²) < 4.78 is 17.5.